The van der Waals surface area contributed by atoms with Crippen molar-refractivity contribution in [1.82, 2.24) is 5.32 Å². The molecule has 0 aromatic carbocycles. The Morgan fingerprint density at radius 2 is 2.14 bits per heavy atom. The van der Waals surface area contributed by atoms with Crippen LogP contribution in [0.1, 0.15) is 33.1 Å². The number of hydrogen-bond donors (Lipinski definition) is 1. The molecule has 0 bridgehead atoms. The zero-order valence-corrected chi connectivity index (χ0v) is 10.2. The third kappa shape index (κ3) is 4.67. The maximum absolute atomic E-state index is 5.17. The highest BCUT2D eigenvalue weighted by Crippen LogP contribution is 2.20. The highest BCUT2D eigenvalue weighted by Gasteiger charge is 2.20. The zero-order chi connectivity index (χ0) is 10.2. The monoisotopic (exact) mass is 217 g/mol. The maximum Gasteiger partial charge on any atom is 0.0607 e. The van der Waals surface area contributed by atoms with Gasteiger partial charge < -0.3 is 10.1 Å². The minimum absolute atomic E-state index is 0.713. The Balaban J connectivity index is 2.06. The van der Waals surface area contributed by atoms with Crippen LogP contribution in [-0.2, 0) is 4.74 Å². The van der Waals surface area contributed by atoms with E-state index in [9.17, 15) is 0 Å². The number of nitrogens with one attached hydrogen (secondary N) is 1. The first-order chi connectivity index (χ1) is 6.86. The summed E-state index contributed by atoms with van der Waals surface area (Å²) < 4.78 is 5.17. The second-order valence-corrected chi connectivity index (χ2v) is 5.27. The molecule has 1 rings (SSSR count). The molecule has 0 aliphatic carbocycles. The van der Waals surface area contributed by atoms with Crippen LogP contribution in [0.5, 0.6) is 0 Å². The fraction of sp³-hybridized carbons (Fsp3) is 1.00. The van der Waals surface area contributed by atoms with E-state index in [1.807, 2.05) is 0 Å². The Labute approximate surface area is 92.2 Å². The summed E-state index contributed by atoms with van der Waals surface area (Å²) >= 11 is 2.07. The second-order valence-electron chi connectivity index (χ2n) is 3.93. The van der Waals surface area contributed by atoms with E-state index in [-0.39, 0.29) is 0 Å². The van der Waals surface area contributed by atoms with E-state index in [2.05, 4.69) is 30.9 Å². The van der Waals surface area contributed by atoms with Crippen molar-refractivity contribution in [1.29, 1.82) is 0 Å². The molecule has 0 spiro atoms. The van der Waals surface area contributed by atoms with Crippen LogP contribution < -0.4 is 5.32 Å². The van der Waals surface area contributed by atoms with Gasteiger partial charge in [0.2, 0.25) is 0 Å². The van der Waals surface area contributed by atoms with Crippen LogP contribution >= 0.6 is 11.8 Å². The van der Waals surface area contributed by atoms with E-state index >= 15 is 0 Å². The Bertz CT molecular complexity index is 139. The Morgan fingerprint density at radius 1 is 1.36 bits per heavy atom. The first-order valence-electron chi connectivity index (χ1n) is 5.79. The molecule has 1 N–H and O–H groups in total. The summed E-state index contributed by atoms with van der Waals surface area (Å²) in [6.07, 6.45) is 3.82. The normalized spacial score (nSPS) is 19.3. The van der Waals surface area contributed by atoms with E-state index in [0.29, 0.717) is 6.04 Å². The van der Waals surface area contributed by atoms with Gasteiger partial charge in [-0.2, -0.15) is 11.8 Å². The molecule has 84 valence electrons. The fourth-order valence-corrected chi connectivity index (χ4v) is 2.68. The molecule has 1 aliphatic heterocycles. The molecule has 1 heterocycles. The molecule has 1 atom stereocenters. The van der Waals surface area contributed by atoms with E-state index in [1.54, 1.807) is 0 Å². The van der Waals surface area contributed by atoms with E-state index in [1.165, 1.54) is 25.0 Å². The van der Waals surface area contributed by atoms with Crippen molar-refractivity contribution in [2.45, 2.75) is 44.4 Å². The number of hydrogen-bond acceptors (Lipinski definition) is 3. The molecule has 14 heavy (non-hydrogen) atoms. The van der Waals surface area contributed by atoms with Crippen molar-refractivity contribution in [2.75, 3.05) is 25.5 Å². The van der Waals surface area contributed by atoms with Crippen LogP contribution in [0.15, 0.2) is 0 Å². The standard InChI is InChI=1S/C11H23NOS/c1-3-5-10(12-6-4-2)9-14-11-7-13-8-11/h10-12H,3-9H2,1-2H3. The van der Waals surface area contributed by atoms with Gasteiger partial charge in [-0.3, -0.25) is 0 Å². The van der Waals surface area contributed by atoms with Gasteiger partial charge in [0, 0.05) is 11.8 Å². The highest BCUT2D eigenvalue weighted by atomic mass is 32.2. The third-order valence-corrected chi connectivity index (χ3v) is 3.80. The van der Waals surface area contributed by atoms with E-state index in [4.69, 9.17) is 4.74 Å². The fourth-order valence-electron chi connectivity index (χ4n) is 1.50. The van der Waals surface area contributed by atoms with Crippen LogP contribution in [-0.4, -0.2) is 36.8 Å². The van der Waals surface area contributed by atoms with E-state index < -0.39 is 0 Å². The summed E-state index contributed by atoms with van der Waals surface area (Å²) in [5.41, 5.74) is 0. The SMILES string of the molecule is CCCNC(CCC)CSC1COC1. The van der Waals surface area contributed by atoms with Gasteiger partial charge in [-0.1, -0.05) is 20.3 Å². The summed E-state index contributed by atoms with van der Waals surface area (Å²) in [6.45, 7) is 7.58. The number of rotatable bonds is 8. The molecular weight excluding hydrogens is 194 g/mol. The van der Waals surface area contributed by atoms with E-state index in [0.717, 1.165) is 25.0 Å². The maximum atomic E-state index is 5.17. The van der Waals surface area contributed by atoms with Crippen molar-refractivity contribution in [3.05, 3.63) is 0 Å². The molecule has 1 fully saturated rings. The van der Waals surface area contributed by atoms with Crippen molar-refractivity contribution >= 4 is 11.8 Å². The lowest BCUT2D eigenvalue weighted by atomic mass is 10.2. The Morgan fingerprint density at radius 3 is 2.64 bits per heavy atom. The molecule has 3 heteroatoms. The van der Waals surface area contributed by atoms with Gasteiger partial charge in [0.1, 0.15) is 0 Å². The molecule has 0 aromatic rings. The van der Waals surface area contributed by atoms with Crippen molar-refractivity contribution in [2.24, 2.45) is 0 Å². The average molecular weight is 217 g/mol. The number of thioether (sulfide) groups is 1. The lowest BCUT2D eigenvalue weighted by Gasteiger charge is -2.27. The largest absolute Gasteiger partial charge is 0.379 e. The van der Waals surface area contributed by atoms with Crippen LogP contribution in [0, 0.1) is 0 Å². The predicted molar refractivity (Wildman–Crippen MR) is 64.1 cm³/mol. The van der Waals surface area contributed by atoms with Gasteiger partial charge in [-0.15, -0.1) is 0 Å². The second kappa shape index (κ2) is 7.55. The predicted octanol–water partition coefficient (Wildman–Crippen LogP) is 2.29. The van der Waals surface area contributed by atoms with Crippen molar-refractivity contribution < 1.29 is 4.74 Å². The van der Waals surface area contributed by atoms with Crippen LogP contribution in [0.25, 0.3) is 0 Å². The summed E-state index contributed by atoms with van der Waals surface area (Å²) in [4.78, 5) is 0. The summed E-state index contributed by atoms with van der Waals surface area (Å²) in [7, 11) is 0. The topological polar surface area (TPSA) is 21.3 Å². The Hall–Kier alpha value is 0.270. The third-order valence-electron chi connectivity index (χ3n) is 2.46. The summed E-state index contributed by atoms with van der Waals surface area (Å²) in [5.74, 6) is 1.25. The minimum atomic E-state index is 0.713. The zero-order valence-electron chi connectivity index (χ0n) is 9.42. The average Bonchev–Trinajstić information content (AvgIpc) is 2.11. The molecular formula is C11H23NOS. The van der Waals surface area contributed by atoms with Gasteiger partial charge >= 0.3 is 0 Å². The molecule has 1 saturated heterocycles. The van der Waals surface area contributed by atoms with Crippen LogP contribution in [0.2, 0.25) is 0 Å². The van der Waals surface area contributed by atoms with Gasteiger partial charge in [-0.05, 0) is 19.4 Å². The minimum Gasteiger partial charge on any atom is -0.379 e. The molecule has 1 aliphatic rings. The molecule has 0 saturated carbocycles. The van der Waals surface area contributed by atoms with Gasteiger partial charge in [0.15, 0.2) is 0 Å². The van der Waals surface area contributed by atoms with Crippen molar-refractivity contribution in [3.8, 4) is 0 Å². The van der Waals surface area contributed by atoms with Gasteiger partial charge in [0.05, 0.1) is 18.5 Å². The van der Waals surface area contributed by atoms with Crippen LogP contribution in [0.4, 0.5) is 0 Å². The van der Waals surface area contributed by atoms with Gasteiger partial charge in [0.25, 0.3) is 0 Å². The first kappa shape index (κ1) is 12.3. The lowest BCUT2D eigenvalue weighted by Crippen LogP contribution is -2.36. The van der Waals surface area contributed by atoms with Crippen molar-refractivity contribution in [3.63, 3.8) is 0 Å². The quantitative estimate of drug-likeness (QED) is 0.674. The van der Waals surface area contributed by atoms with Gasteiger partial charge in [-0.25, -0.2) is 0 Å². The molecule has 1 unspecified atom stereocenters. The molecule has 0 radical (unpaired) electrons. The summed E-state index contributed by atoms with van der Waals surface area (Å²) in [6, 6.07) is 0.713. The van der Waals surface area contributed by atoms with Crippen LogP contribution in [0.3, 0.4) is 0 Å². The first-order valence-corrected chi connectivity index (χ1v) is 6.84. The molecule has 2 nitrogen and oxygen atoms in total. The molecule has 0 aromatic heterocycles. The smallest absolute Gasteiger partial charge is 0.0607 e. The number of ether oxygens (including phenoxy) is 1. The highest BCUT2D eigenvalue weighted by molar-refractivity contribution is 8.00. The lowest BCUT2D eigenvalue weighted by molar-refractivity contribution is 0.0455. The Kier molecular flexibility index (Phi) is 6.65. The summed E-state index contributed by atoms with van der Waals surface area (Å²) in [5, 5.41) is 4.39. The molecule has 0 amide bonds.